The minimum Gasteiger partial charge on any atom is -0.380 e. The van der Waals surface area contributed by atoms with Gasteiger partial charge in [-0.2, -0.15) is 0 Å². The molecule has 5 nitrogen and oxygen atoms in total. The fraction of sp³-hybridized carbons (Fsp3) is 0.500. The van der Waals surface area contributed by atoms with Crippen LogP contribution >= 0.6 is 0 Å². The van der Waals surface area contributed by atoms with Crippen molar-refractivity contribution in [2.75, 3.05) is 13.7 Å². The third kappa shape index (κ3) is 2.86. The molecular weight excluding hydrogens is 320 g/mol. The lowest BCUT2D eigenvalue weighted by molar-refractivity contribution is -0.387. The van der Waals surface area contributed by atoms with Crippen molar-refractivity contribution < 1.29 is 24.1 Å². The standard InChI is InChI=1S/C20H26O5/c1-5-12-19(3)16-15(24-18(22-4)20(19,21)6-2)13-23-17(25-16)14-10-8-7-9-11-14/h5-11,15-18,21H,1-2,12-13H2,3-4H3/t15-,16-,17?,18+,19-,20+/m1/s1. The second-order valence-corrected chi connectivity index (χ2v) is 6.81. The Morgan fingerprint density at radius 2 is 2.00 bits per heavy atom. The molecule has 0 saturated carbocycles. The summed E-state index contributed by atoms with van der Waals surface area (Å²) in [5.74, 6) is 0. The van der Waals surface area contributed by atoms with Crippen LogP contribution in [0.15, 0.2) is 55.6 Å². The van der Waals surface area contributed by atoms with E-state index in [1.54, 1.807) is 6.08 Å². The van der Waals surface area contributed by atoms with Crippen LogP contribution < -0.4 is 0 Å². The molecule has 1 aromatic rings. The first-order chi connectivity index (χ1) is 12.0. The van der Waals surface area contributed by atoms with E-state index in [2.05, 4.69) is 13.2 Å². The van der Waals surface area contributed by atoms with Gasteiger partial charge in [-0.1, -0.05) is 49.4 Å². The van der Waals surface area contributed by atoms with Gasteiger partial charge in [0, 0.05) is 18.1 Å². The van der Waals surface area contributed by atoms with E-state index in [1.807, 2.05) is 37.3 Å². The second kappa shape index (κ2) is 7.02. The molecule has 136 valence electrons. The molecule has 1 unspecified atom stereocenters. The van der Waals surface area contributed by atoms with Crippen molar-refractivity contribution in [1.82, 2.24) is 0 Å². The summed E-state index contributed by atoms with van der Waals surface area (Å²) in [6.45, 7) is 9.97. The average Bonchev–Trinajstić information content (AvgIpc) is 2.65. The zero-order chi connectivity index (χ0) is 18.1. The second-order valence-electron chi connectivity index (χ2n) is 6.81. The van der Waals surface area contributed by atoms with Gasteiger partial charge in [-0.3, -0.25) is 0 Å². The van der Waals surface area contributed by atoms with Gasteiger partial charge in [0.15, 0.2) is 12.6 Å². The van der Waals surface area contributed by atoms with Crippen LogP contribution in [0.2, 0.25) is 0 Å². The van der Waals surface area contributed by atoms with Crippen molar-refractivity contribution in [3.05, 3.63) is 61.2 Å². The van der Waals surface area contributed by atoms with Crippen LogP contribution in [0.25, 0.3) is 0 Å². The molecule has 25 heavy (non-hydrogen) atoms. The lowest BCUT2D eigenvalue weighted by Crippen LogP contribution is -2.70. The van der Waals surface area contributed by atoms with Crippen LogP contribution in [0, 0.1) is 5.41 Å². The van der Waals surface area contributed by atoms with Crippen molar-refractivity contribution in [2.45, 2.75) is 43.7 Å². The third-order valence-electron chi connectivity index (χ3n) is 5.39. The van der Waals surface area contributed by atoms with E-state index in [9.17, 15) is 5.11 Å². The number of allylic oxidation sites excluding steroid dienone is 1. The topological polar surface area (TPSA) is 57.2 Å². The SMILES string of the molecule is C=CC[C@]1(C)[C@@H]2OC(c3ccccc3)OC[C@H]2O[C@H](OC)[C@@]1(O)C=C. The number of fused-ring (bicyclic) bond motifs is 1. The summed E-state index contributed by atoms with van der Waals surface area (Å²) in [5, 5.41) is 11.3. The minimum atomic E-state index is -1.42. The van der Waals surface area contributed by atoms with Crippen molar-refractivity contribution in [2.24, 2.45) is 5.41 Å². The molecule has 2 fully saturated rings. The maximum atomic E-state index is 11.3. The van der Waals surface area contributed by atoms with Gasteiger partial charge in [-0.15, -0.1) is 13.2 Å². The highest BCUT2D eigenvalue weighted by Crippen LogP contribution is 2.52. The summed E-state index contributed by atoms with van der Waals surface area (Å²) in [4.78, 5) is 0. The molecule has 5 heteroatoms. The van der Waals surface area contributed by atoms with Crippen molar-refractivity contribution in [3.8, 4) is 0 Å². The Morgan fingerprint density at radius 1 is 1.28 bits per heavy atom. The Labute approximate surface area is 148 Å². The molecule has 2 saturated heterocycles. The van der Waals surface area contributed by atoms with Gasteiger partial charge in [-0.25, -0.2) is 0 Å². The van der Waals surface area contributed by atoms with Crippen molar-refractivity contribution in [1.29, 1.82) is 0 Å². The highest BCUT2D eigenvalue weighted by molar-refractivity contribution is 5.20. The number of hydrogen-bond donors (Lipinski definition) is 1. The van der Waals surface area contributed by atoms with Gasteiger partial charge in [-0.05, 0) is 6.42 Å². The maximum Gasteiger partial charge on any atom is 0.190 e. The van der Waals surface area contributed by atoms with Gasteiger partial charge < -0.3 is 24.1 Å². The highest BCUT2D eigenvalue weighted by atomic mass is 16.7. The average molecular weight is 346 g/mol. The zero-order valence-electron chi connectivity index (χ0n) is 14.8. The predicted octanol–water partition coefficient (Wildman–Crippen LogP) is 2.97. The summed E-state index contributed by atoms with van der Waals surface area (Å²) in [5.41, 5.74) is -1.22. The molecule has 2 heterocycles. The first-order valence-electron chi connectivity index (χ1n) is 8.47. The van der Waals surface area contributed by atoms with Gasteiger partial charge in [0.1, 0.15) is 11.7 Å². The van der Waals surface area contributed by atoms with Gasteiger partial charge in [0.25, 0.3) is 0 Å². The van der Waals surface area contributed by atoms with Crippen LogP contribution in [-0.2, 0) is 18.9 Å². The smallest absolute Gasteiger partial charge is 0.190 e. The van der Waals surface area contributed by atoms with E-state index in [1.165, 1.54) is 13.2 Å². The molecule has 3 rings (SSSR count). The van der Waals surface area contributed by atoms with Crippen LogP contribution in [0.1, 0.15) is 25.2 Å². The van der Waals surface area contributed by atoms with Gasteiger partial charge in [0.2, 0.25) is 0 Å². The van der Waals surface area contributed by atoms with Crippen LogP contribution in [0.4, 0.5) is 0 Å². The van der Waals surface area contributed by atoms with E-state index >= 15 is 0 Å². The predicted molar refractivity (Wildman–Crippen MR) is 93.7 cm³/mol. The quantitative estimate of drug-likeness (QED) is 0.831. The third-order valence-corrected chi connectivity index (χ3v) is 5.39. The summed E-state index contributed by atoms with van der Waals surface area (Å²) in [7, 11) is 1.51. The number of rotatable bonds is 5. The van der Waals surface area contributed by atoms with Crippen LogP contribution in [0.3, 0.4) is 0 Å². The lowest BCUT2D eigenvalue weighted by atomic mass is 9.63. The van der Waals surface area contributed by atoms with Crippen molar-refractivity contribution in [3.63, 3.8) is 0 Å². The van der Waals surface area contributed by atoms with E-state index in [0.717, 1.165) is 5.56 Å². The molecule has 0 amide bonds. The molecule has 0 spiro atoms. The Hall–Kier alpha value is -1.50. The van der Waals surface area contributed by atoms with Crippen LogP contribution in [-0.4, -0.2) is 42.9 Å². The molecule has 0 radical (unpaired) electrons. The number of hydrogen-bond acceptors (Lipinski definition) is 5. The van der Waals surface area contributed by atoms with Crippen LogP contribution in [0.5, 0.6) is 0 Å². The summed E-state index contributed by atoms with van der Waals surface area (Å²) >= 11 is 0. The fourth-order valence-corrected chi connectivity index (χ4v) is 3.89. The minimum absolute atomic E-state index is 0.351. The van der Waals surface area contributed by atoms with E-state index in [0.29, 0.717) is 13.0 Å². The Morgan fingerprint density at radius 3 is 2.60 bits per heavy atom. The fourth-order valence-electron chi connectivity index (χ4n) is 3.89. The van der Waals surface area contributed by atoms with E-state index in [4.69, 9.17) is 18.9 Å². The van der Waals surface area contributed by atoms with E-state index < -0.39 is 29.7 Å². The summed E-state index contributed by atoms with van der Waals surface area (Å²) < 4.78 is 23.5. The lowest BCUT2D eigenvalue weighted by Gasteiger charge is -2.58. The largest absolute Gasteiger partial charge is 0.380 e. The Balaban J connectivity index is 1.97. The molecule has 6 atom stereocenters. The first kappa shape index (κ1) is 18.3. The monoisotopic (exact) mass is 346 g/mol. The van der Waals surface area contributed by atoms with Crippen molar-refractivity contribution >= 4 is 0 Å². The first-order valence-corrected chi connectivity index (χ1v) is 8.47. The molecule has 2 aliphatic heterocycles. The van der Waals surface area contributed by atoms with Gasteiger partial charge >= 0.3 is 0 Å². The Bertz CT molecular complexity index is 618. The molecule has 0 aromatic heterocycles. The highest BCUT2D eigenvalue weighted by Gasteiger charge is 2.63. The number of benzene rings is 1. The number of methoxy groups -OCH3 is 1. The molecule has 0 aliphatic carbocycles. The molecule has 0 bridgehead atoms. The molecule has 1 N–H and O–H groups in total. The molecule has 1 aromatic carbocycles. The maximum absolute atomic E-state index is 11.3. The molecule has 2 aliphatic rings. The summed E-state index contributed by atoms with van der Waals surface area (Å²) in [6, 6.07) is 9.74. The zero-order valence-corrected chi connectivity index (χ0v) is 14.8. The molecular formula is C20H26O5. The van der Waals surface area contributed by atoms with E-state index in [-0.39, 0.29) is 6.10 Å². The number of ether oxygens (including phenoxy) is 4. The summed E-state index contributed by atoms with van der Waals surface area (Å²) in [6.07, 6.45) is 1.66. The Kier molecular flexibility index (Phi) is 5.14. The van der Waals surface area contributed by atoms with Gasteiger partial charge in [0.05, 0.1) is 12.7 Å². The normalized spacial score (nSPS) is 40.9. The number of aliphatic hydroxyl groups is 1.